The Balaban J connectivity index is 2.18. The topological polar surface area (TPSA) is 52.4 Å². The molecule has 4 nitrogen and oxygen atoms in total. The molecule has 1 aliphatic heterocycles. The largest absolute Gasteiger partial charge is 0.488 e. The van der Waals surface area contributed by atoms with E-state index in [1.54, 1.807) is 6.07 Å². The third kappa shape index (κ3) is 1.54. The Morgan fingerprint density at radius 3 is 2.76 bits per heavy atom. The van der Waals surface area contributed by atoms with Crippen molar-refractivity contribution in [2.75, 3.05) is 0 Å². The zero-order valence-electron chi connectivity index (χ0n) is 8.92. The molecule has 0 spiro atoms. The van der Waals surface area contributed by atoms with Crippen LogP contribution >= 0.6 is 0 Å². The van der Waals surface area contributed by atoms with E-state index in [9.17, 15) is 10.1 Å². The number of fused-ring (bicyclic) bond motifs is 3. The molecule has 3 rings (SSSR count). The lowest BCUT2D eigenvalue weighted by molar-refractivity contribution is -0.384. The Bertz CT molecular complexity index is 607. The van der Waals surface area contributed by atoms with Crippen LogP contribution in [0.25, 0.3) is 11.1 Å². The summed E-state index contributed by atoms with van der Waals surface area (Å²) in [5.41, 5.74) is 3.16. The molecule has 0 bridgehead atoms. The fourth-order valence-corrected chi connectivity index (χ4v) is 2.03. The summed E-state index contributed by atoms with van der Waals surface area (Å²) >= 11 is 0. The summed E-state index contributed by atoms with van der Waals surface area (Å²) in [6.45, 7) is 0.463. The van der Waals surface area contributed by atoms with Crippen LogP contribution in [0, 0.1) is 10.1 Å². The predicted molar refractivity (Wildman–Crippen MR) is 62.9 cm³/mol. The van der Waals surface area contributed by atoms with Gasteiger partial charge in [0, 0.05) is 11.6 Å². The van der Waals surface area contributed by atoms with Gasteiger partial charge in [0.2, 0.25) is 0 Å². The molecule has 0 saturated carbocycles. The lowest BCUT2D eigenvalue weighted by atomic mass is 9.97. The van der Waals surface area contributed by atoms with Crippen molar-refractivity contribution in [2.45, 2.75) is 6.61 Å². The van der Waals surface area contributed by atoms with Gasteiger partial charge in [-0.1, -0.05) is 24.3 Å². The van der Waals surface area contributed by atoms with Gasteiger partial charge in [-0.2, -0.15) is 0 Å². The third-order valence-corrected chi connectivity index (χ3v) is 2.87. The van der Waals surface area contributed by atoms with Crippen LogP contribution in [0.5, 0.6) is 5.75 Å². The molecule has 0 N–H and O–H groups in total. The number of hydrogen-bond acceptors (Lipinski definition) is 3. The van der Waals surface area contributed by atoms with E-state index < -0.39 is 4.92 Å². The molecule has 0 unspecified atom stereocenters. The minimum absolute atomic E-state index is 0.0585. The number of ether oxygens (including phenoxy) is 1. The van der Waals surface area contributed by atoms with Gasteiger partial charge < -0.3 is 4.74 Å². The van der Waals surface area contributed by atoms with Crippen molar-refractivity contribution in [3.05, 3.63) is 58.1 Å². The maximum atomic E-state index is 10.7. The molecule has 0 saturated heterocycles. The molecule has 17 heavy (non-hydrogen) atoms. The van der Waals surface area contributed by atoms with Crippen LogP contribution in [0.1, 0.15) is 5.56 Å². The van der Waals surface area contributed by atoms with Crippen molar-refractivity contribution in [2.24, 2.45) is 0 Å². The standard InChI is InChI=1S/C13H9NO3/c15-14(16)10-5-6-12-11-4-2-1-3-9(11)8-17-13(12)7-10/h1-7H,8H2. The molecule has 0 atom stereocenters. The zero-order valence-corrected chi connectivity index (χ0v) is 8.92. The van der Waals surface area contributed by atoms with Gasteiger partial charge in [0.25, 0.3) is 5.69 Å². The first-order chi connectivity index (χ1) is 8.25. The molecular weight excluding hydrogens is 218 g/mol. The predicted octanol–water partition coefficient (Wildman–Crippen LogP) is 3.15. The van der Waals surface area contributed by atoms with Crippen molar-refractivity contribution < 1.29 is 9.66 Å². The lowest BCUT2D eigenvalue weighted by Gasteiger charge is -2.20. The second-order valence-electron chi connectivity index (χ2n) is 3.88. The van der Waals surface area contributed by atoms with Crippen molar-refractivity contribution >= 4 is 5.69 Å². The molecule has 1 aliphatic rings. The van der Waals surface area contributed by atoms with Gasteiger partial charge in [0.15, 0.2) is 0 Å². The Kier molecular flexibility index (Phi) is 2.08. The van der Waals surface area contributed by atoms with Crippen LogP contribution in [0.15, 0.2) is 42.5 Å². The number of nitro groups is 1. The van der Waals surface area contributed by atoms with E-state index in [4.69, 9.17) is 4.74 Å². The molecule has 84 valence electrons. The summed E-state index contributed by atoms with van der Waals surface area (Å²) in [6.07, 6.45) is 0. The lowest BCUT2D eigenvalue weighted by Crippen LogP contribution is -2.05. The molecule has 0 amide bonds. The number of benzene rings is 2. The van der Waals surface area contributed by atoms with E-state index in [0.717, 1.165) is 16.7 Å². The Morgan fingerprint density at radius 2 is 1.94 bits per heavy atom. The van der Waals surface area contributed by atoms with Gasteiger partial charge in [0.1, 0.15) is 12.4 Å². The quantitative estimate of drug-likeness (QED) is 0.555. The maximum Gasteiger partial charge on any atom is 0.273 e. The van der Waals surface area contributed by atoms with E-state index in [0.29, 0.717) is 12.4 Å². The molecular formula is C13H9NO3. The van der Waals surface area contributed by atoms with Gasteiger partial charge >= 0.3 is 0 Å². The van der Waals surface area contributed by atoms with Crippen LogP contribution in [0.3, 0.4) is 0 Å². The number of rotatable bonds is 1. The van der Waals surface area contributed by atoms with Crippen LogP contribution in [0.2, 0.25) is 0 Å². The highest BCUT2D eigenvalue weighted by molar-refractivity contribution is 5.76. The van der Waals surface area contributed by atoms with Gasteiger partial charge in [-0.15, -0.1) is 0 Å². The molecule has 4 heteroatoms. The highest BCUT2D eigenvalue weighted by Gasteiger charge is 2.19. The minimum atomic E-state index is -0.413. The second kappa shape index (κ2) is 3.59. The van der Waals surface area contributed by atoms with E-state index in [-0.39, 0.29) is 5.69 Å². The summed E-state index contributed by atoms with van der Waals surface area (Å²) in [5.74, 6) is 0.581. The number of nitrogens with zero attached hydrogens (tertiary/aromatic N) is 1. The highest BCUT2D eigenvalue weighted by Crippen LogP contribution is 2.39. The Labute approximate surface area is 97.6 Å². The Morgan fingerprint density at radius 1 is 1.12 bits per heavy atom. The van der Waals surface area contributed by atoms with Crippen LogP contribution in [0.4, 0.5) is 5.69 Å². The van der Waals surface area contributed by atoms with Crippen molar-refractivity contribution in [1.29, 1.82) is 0 Å². The molecule has 0 radical (unpaired) electrons. The summed E-state index contributed by atoms with van der Waals surface area (Å²) in [6, 6.07) is 12.6. The van der Waals surface area contributed by atoms with Crippen LogP contribution < -0.4 is 4.74 Å². The van der Waals surface area contributed by atoms with E-state index in [1.165, 1.54) is 12.1 Å². The molecule has 0 aliphatic carbocycles. The minimum Gasteiger partial charge on any atom is -0.488 e. The first-order valence-corrected chi connectivity index (χ1v) is 5.25. The molecule has 1 heterocycles. The second-order valence-corrected chi connectivity index (χ2v) is 3.88. The SMILES string of the molecule is O=[N+]([O-])c1ccc2c(c1)OCc1ccccc1-2. The average Bonchev–Trinajstić information content (AvgIpc) is 2.38. The van der Waals surface area contributed by atoms with Crippen molar-refractivity contribution in [3.63, 3.8) is 0 Å². The van der Waals surface area contributed by atoms with Crippen molar-refractivity contribution in [1.82, 2.24) is 0 Å². The fraction of sp³-hybridized carbons (Fsp3) is 0.0769. The zero-order chi connectivity index (χ0) is 11.8. The van der Waals surface area contributed by atoms with Gasteiger partial charge in [-0.05, 0) is 17.2 Å². The number of hydrogen-bond donors (Lipinski definition) is 0. The summed E-state index contributed by atoms with van der Waals surface area (Å²) in [5, 5.41) is 10.7. The summed E-state index contributed by atoms with van der Waals surface area (Å²) in [4.78, 5) is 10.3. The number of non-ortho nitro benzene ring substituents is 1. The van der Waals surface area contributed by atoms with Gasteiger partial charge in [-0.25, -0.2) is 0 Å². The summed E-state index contributed by atoms with van der Waals surface area (Å²) < 4.78 is 5.54. The molecule has 2 aromatic carbocycles. The van der Waals surface area contributed by atoms with E-state index >= 15 is 0 Å². The smallest absolute Gasteiger partial charge is 0.273 e. The van der Waals surface area contributed by atoms with Crippen LogP contribution in [-0.2, 0) is 6.61 Å². The van der Waals surface area contributed by atoms with E-state index in [2.05, 4.69) is 0 Å². The van der Waals surface area contributed by atoms with Crippen LogP contribution in [-0.4, -0.2) is 4.92 Å². The molecule has 0 aromatic heterocycles. The third-order valence-electron chi connectivity index (χ3n) is 2.87. The first-order valence-electron chi connectivity index (χ1n) is 5.25. The van der Waals surface area contributed by atoms with Gasteiger partial charge in [0.05, 0.1) is 11.0 Å². The van der Waals surface area contributed by atoms with E-state index in [1.807, 2.05) is 24.3 Å². The Hall–Kier alpha value is -2.36. The normalized spacial score (nSPS) is 12.2. The molecule has 0 fully saturated rings. The first kappa shape index (κ1) is 9.84. The van der Waals surface area contributed by atoms with Crippen molar-refractivity contribution in [3.8, 4) is 16.9 Å². The molecule has 2 aromatic rings. The fourth-order valence-electron chi connectivity index (χ4n) is 2.03. The monoisotopic (exact) mass is 227 g/mol. The highest BCUT2D eigenvalue weighted by atomic mass is 16.6. The maximum absolute atomic E-state index is 10.7. The average molecular weight is 227 g/mol. The van der Waals surface area contributed by atoms with Gasteiger partial charge in [-0.3, -0.25) is 10.1 Å². The summed E-state index contributed by atoms with van der Waals surface area (Å²) in [7, 11) is 0. The number of nitro benzene ring substituents is 1.